The molecule has 1 aromatic rings. The van der Waals surface area contributed by atoms with Crippen molar-refractivity contribution in [1.29, 1.82) is 0 Å². The summed E-state index contributed by atoms with van der Waals surface area (Å²) in [6.45, 7) is 8.18. The van der Waals surface area contributed by atoms with Gasteiger partial charge in [-0.3, -0.25) is 0 Å². The van der Waals surface area contributed by atoms with Crippen LogP contribution in [0.2, 0.25) is 5.28 Å². The Morgan fingerprint density at radius 2 is 1.95 bits per heavy atom. The lowest BCUT2D eigenvalue weighted by Crippen LogP contribution is -2.29. The first-order valence-corrected chi connectivity index (χ1v) is 7.93. The minimum Gasteiger partial charge on any atom is -0.351 e. The van der Waals surface area contributed by atoms with E-state index in [4.69, 9.17) is 11.6 Å². The molecule has 1 heterocycles. The van der Waals surface area contributed by atoms with Crippen LogP contribution in [0.4, 0.5) is 11.9 Å². The average Bonchev–Trinajstić information content (AvgIpc) is 2.39. The van der Waals surface area contributed by atoms with Crippen LogP contribution in [0.25, 0.3) is 0 Å². The smallest absolute Gasteiger partial charge is 0.231 e. The Balaban J connectivity index is 2.11. The van der Waals surface area contributed by atoms with Crippen molar-refractivity contribution in [3.8, 4) is 0 Å². The number of anilines is 2. The van der Waals surface area contributed by atoms with Gasteiger partial charge in [0.05, 0.1) is 0 Å². The van der Waals surface area contributed by atoms with Crippen molar-refractivity contribution in [2.45, 2.75) is 52.5 Å². The lowest BCUT2D eigenvalue weighted by molar-refractivity contribution is 0.357. The van der Waals surface area contributed by atoms with Gasteiger partial charge in [-0.1, -0.05) is 19.8 Å². The van der Waals surface area contributed by atoms with Crippen LogP contribution < -0.4 is 10.2 Å². The minimum atomic E-state index is 0.258. The quantitative estimate of drug-likeness (QED) is 0.903. The van der Waals surface area contributed by atoms with E-state index in [0.717, 1.165) is 19.0 Å². The van der Waals surface area contributed by atoms with Crippen LogP contribution in [0.5, 0.6) is 0 Å². The Labute approximate surface area is 126 Å². The molecule has 1 aromatic heterocycles. The Hall–Kier alpha value is -1.10. The van der Waals surface area contributed by atoms with Crippen LogP contribution in [0.15, 0.2) is 0 Å². The lowest BCUT2D eigenvalue weighted by Gasteiger charge is -2.27. The minimum absolute atomic E-state index is 0.258. The standard InChI is InChI=1S/C14H24ClN5/c1-4-20(5-2)14-18-12(15)17-13(19-14)16-11-8-6-7-10(3)9-11/h10-11H,4-9H2,1-3H3,(H,16,17,18,19). The maximum atomic E-state index is 6.03. The molecule has 2 rings (SSSR count). The van der Waals surface area contributed by atoms with Gasteiger partial charge in [-0.2, -0.15) is 15.0 Å². The van der Waals surface area contributed by atoms with Crippen molar-refractivity contribution >= 4 is 23.5 Å². The molecule has 0 spiro atoms. The number of rotatable bonds is 5. The van der Waals surface area contributed by atoms with Crippen molar-refractivity contribution in [3.05, 3.63) is 5.28 Å². The van der Waals surface area contributed by atoms with E-state index in [9.17, 15) is 0 Å². The first-order valence-electron chi connectivity index (χ1n) is 7.55. The van der Waals surface area contributed by atoms with Gasteiger partial charge in [-0.05, 0) is 44.2 Å². The van der Waals surface area contributed by atoms with Crippen molar-refractivity contribution in [3.63, 3.8) is 0 Å². The van der Waals surface area contributed by atoms with Crippen LogP contribution in [-0.2, 0) is 0 Å². The van der Waals surface area contributed by atoms with Gasteiger partial charge in [0, 0.05) is 19.1 Å². The maximum absolute atomic E-state index is 6.03. The molecular formula is C14H24ClN5. The predicted molar refractivity (Wildman–Crippen MR) is 83.4 cm³/mol. The normalized spacial score (nSPS) is 22.6. The summed E-state index contributed by atoms with van der Waals surface area (Å²) in [6.07, 6.45) is 4.93. The topological polar surface area (TPSA) is 53.9 Å². The highest BCUT2D eigenvalue weighted by Crippen LogP contribution is 2.26. The van der Waals surface area contributed by atoms with E-state index < -0.39 is 0 Å². The zero-order valence-corrected chi connectivity index (χ0v) is 13.3. The molecule has 6 heteroatoms. The Kier molecular flexibility index (Phi) is 5.40. The Bertz CT molecular complexity index is 436. The molecule has 0 radical (unpaired) electrons. The third-order valence-electron chi connectivity index (χ3n) is 3.91. The van der Waals surface area contributed by atoms with Gasteiger partial charge >= 0.3 is 0 Å². The van der Waals surface area contributed by atoms with Crippen molar-refractivity contribution in [2.24, 2.45) is 5.92 Å². The summed E-state index contributed by atoms with van der Waals surface area (Å²) in [7, 11) is 0. The monoisotopic (exact) mass is 297 g/mol. The Morgan fingerprint density at radius 1 is 1.20 bits per heavy atom. The molecule has 0 aromatic carbocycles. The van der Waals surface area contributed by atoms with Gasteiger partial charge in [-0.15, -0.1) is 0 Å². The largest absolute Gasteiger partial charge is 0.351 e. The molecular weight excluding hydrogens is 274 g/mol. The molecule has 5 nitrogen and oxygen atoms in total. The van der Waals surface area contributed by atoms with Gasteiger partial charge in [-0.25, -0.2) is 0 Å². The van der Waals surface area contributed by atoms with Gasteiger partial charge in [0.25, 0.3) is 0 Å². The fourth-order valence-corrected chi connectivity index (χ4v) is 2.96. The van der Waals surface area contributed by atoms with E-state index in [2.05, 4.69) is 45.9 Å². The number of hydrogen-bond donors (Lipinski definition) is 1. The highest BCUT2D eigenvalue weighted by atomic mass is 35.5. The van der Waals surface area contributed by atoms with E-state index in [0.29, 0.717) is 17.9 Å². The summed E-state index contributed by atoms with van der Waals surface area (Å²) in [5.74, 6) is 2.02. The molecule has 112 valence electrons. The first-order chi connectivity index (χ1) is 9.62. The zero-order chi connectivity index (χ0) is 14.5. The molecule has 0 amide bonds. The van der Waals surface area contributed by atoms with E-state index in [1.54, 1.807) is 0 Å². The molecule has 1 aliphatic carbocycles. The molecule has 2 unspecified atom stereocenters. The molecule has 20 heavy (non-hydrogen) atoms. The molecule has 2 atom stereocenters. The number of halogens is 1. The summed E-state index contributed by atoms with van der Waals surface area (Å²) >= 11 is 6.03. The van der Waals surface area contributed by atoms with E-state index in [-0.39, 0.29) is 5.28 Å². The second kappa shape index (κ2) is 7.07. The van der Waals surface area contributed by atoms with Crippen molar-refractivity contribution in [1.82, 2.24) is 15.0 Å². The average molecular weight is 298 g/mol. The summed E-state index contributed by atoms with van der Waals surface area (Å²) in [5.41, 5.74) is 0. The number of nitrogens with one attached hydrogen (secondary N) is 1. The van der Waals surface area contributed by atoms with E-state index in [1.165, 1.54) is 25.7 Å². The molecule has 1 N–H and O–H groups in total. The Morgan fingerprint density at radius 3 is 2.60 bits per heavy atom. The molecule has 0 bridgehead atoms. The fraction of sp³-hybridized carbons (Fsp3) is 0.786. The summed E-state index contributed by atoms with van der Waals surface area (Å²) < 4.78 is 0. The fourth-order valence-electron chi connectivity index (χ4n) is 2.80. The summed E-state index contributed by atoms with van der Waals surface area (Å²) in [4.78, 5) is 15.0. The van der Waals surface area contributed by atoms with Crippen LogP contribution in [0.3, 0.4) is 0 Å². The second-order valence-electron chi connectivity index (χ2n) is 5.51. The van der Waals surface area contributed by atoms with E-state index >= 15 is 0 Å². The van der Waals surface area contributed by atoms with Crippen LogP contribution in [0, 0.1) is 5.92 Å². The van der Waals surface area contributed by atoms with Gasteiger partial charge < -0.3 is 10.2 Å². The third kappa shape index (κ3) is 3.95. The van der Waals surface area contributed by atoms with Gasteiger partial charge in [0.15, 0.2) is 0 Å². The SMILES string of the molecule is CCN(CC)c1nc(Cl)nc(NC2CCCC(C)C2)n1. The van der Waals surface area contributed by atoms with Crippen molar-refractivity contribution < 1.29 is 0 Å². The first kappa shape index (κ1) is 15.3. The maximum Gasteiger partial charge on any atom is 0.231 e. The molecule has 1 fully saturated rings. The van der Waals surface area contributed by atoms with E-state index in [1.807, 2.05) is 0 Å². The van der Waals surface area contributed by atoms with Crippen LogP contribution in [-0.4, -0.2) is 34.1 Å². The molecule has 0 aliphatic heterocycles. The summed E-state index contributed by atoms with van der Waals surface area (Å²) in [5, 5.41) is 3.68. The molecule has 1 saturated carbocycles. The highest BCUT2D eigenvalue weighted by Gasteiger charge is 2.20. The van der Waals surface area contributed by atoms with Crippen LogP contribution in [0.1, 0.15) is 46.5 Å². The van der Waals surface area contributed by atoms with Crippen LogP contribution >= 0.6 is 11.6 Å². The van der Waals surface area contributed by atoms with Gasteiger partial charge in [0.2, 0.25) is 17.2 Å². The third-order valence-corrected chi connectivity index (χ3v) is 4.08. The lowest BCUT2D eigenvalue weighted by atomic mass is 9.87. The molecule has 0 saturated heterocycles. The number of hydrogen-bond acceptors (Lipinski definition) is 5. The van der Waals surface area contributed by atoms with Gasteiger partial charge in [0.1, 0.15) is 0 Å². The number of aromatic nitrogens is 3. The van der Waals surface area contributed by atoms with Crippen molar-refractivity contribution in [2.75, 3.05) is 23.3 Å². The zero-order valence-electron chi connectivity index (χ0n) is 12.6. The molecule has 1 aliphatic rings. The number of nitrogens with zero attached hydrogens (tertiary/aromatic N) is 4. The predicted octanol–water partition coefficient (Wildman–Crippen LogP) is 3.36. The highest BCUT2D eigenvalue weighted by molar-refractivity contribution is 6.28. The second-order valence-corrected chi connectivity index (χ2v) is 5.85. The summed E-state index contributed by atoms with van der Waals surface area (Å²) in [6, 6.07) is 0.446.